The van der Waals surface area contributed by atoms with E-state index in [1.807, 2.05) is 0 Å². The Balaban J connectivity index is 1.90. The molecule has 1 N–H and O–H groups in total. The highest BCUT2D eigenvalue weighted by molar-refractivity contribution is 5.57. The number of aromatic nitrogens is 2. The van der Waals surface area contributed by atoms with E-state index >= 15 is 0 Å². The fraction of sp³-hybridized carbons (Fsp3) is 0.467. The molecular weight excluding hydrogens is 295 g/mol. The Labute approximate surface area is 125 Å². The number of rotatable bonds is 2. The summed E-state index contributed by atoms with van der Waals surface area (Å²) in [7, 11) is 0. The molecule has 0 amide bonds. The summed E-state index contributed by atoms with van der Waals surface area (Å²) in [6.07, 6.45) is -2.43. The van der Waals surface area contributed by atoms with Crippen molar-refractivity contribution in [3.05, 3.63) is 35.2 Å². The van der Waals surface area contributed by atoms with Gasteiger partial charge in [0.15, 0.2) is 0 Å². The third kappa shape index (κ3) is 2.99. The minimum Gasteiger partial charge on any atom is -0.339 e. The molecule has 0 unspecified atom stereocenters. The van der Waals surface area contributed by atoms with Crippen LogP contribution in [-0.2, 0) is 6.18 Å². The van der Waals surface area contributed by atoms with Gasteiger partial charge in [0.2, 0.25) is 11.7 Å². The molecule has 22 heavy (non-hydrogen) atoms. The van der Waals surface area contributed by atoms with Crippen molar-refractivity contribution < 1.29 is 17.7 Å². The smallest absolute Gasteiger partial charge is 0.339 e. The first-order chi connectivity index (χ1) is 10.4. The van der Waals surface area contributed by atoms with Gasteiger partial charge in [-0.3, -0.25) is 0 Å². The Morgan fingerprint density at radius 3 is 2.82 bits per heavy atom. The Morgan fingerprint density at radius 1 is 1.32 bits per heavy atom. The van der Waals surface area contributed by atoms with Crippen LogP contribution < -0.4 is 5.32 Å². The fourth-order valence-corrected chi connectivity index (χ4v) is 2.65. The summed E-state index contributed by atoms with van der Waals surface area (Å²) in [6, 6.07) is 4.08. The van der Waals surface area contributed by atoms with Gasteiger partial charge in [-0.15, -0.1) is 0 Å². The van der Waals surface area contributed by atoms with Gasteiger partial charge in [-0.2, -0.15) is 18.2 Å². The first-order valence-electron chi connectivity index (χ1n) is 7.17. The van der Waals surface area contributed by atoms with Gasteiger partial charge in [-0.25, -0.2) is 0 Å². The number of hydrogen-bond donors (Lipinski definition) is 1. The van der Waals surface area contributed by atoms with Gasteiger partial charge in [0, 0.05) is 12.1 Å². The Morgan fingerprint density at radius 2 is 2.14 bits per heavy atom. The summed E-state index contributed by atoms with van der Waals surface area (Å²) in [4.78, 5) is 4.27. The molecule has 1 fully saturated rings. The fourth-order valence-electron chi connectivity index (χ4n) is 2.65. The van der Waals surface area contributed by atoms with Gasteiger partial charge in [-0.05, 0) is 37.9 Å². The molecule has 4 nitrogen and oxygen atoms in total. The number of halogens is 3. The average Bonchev–Trinajstić information content (AvgIpc) is 2.97. The van der Waals surface area contributed by atoms with E-state index in [2.05, 4.69) is 15.5 Å². The summed E-state index contributed by atoms with van der Waals surface area (Å²) in [5.74, 6) is 0.810. The first-order valence-corrected chi connectivity index (χ1v) is 7.17. The zero-order chi connectivity index (χ0) is 15.7. The topological polar surface area (TPSA) is 51.0 Å². The molecule has 2 aromatic rings. The molecule has 0 aliphatic carbocycles. The maximum atomic E-state index is 13.0. The molecule has 1 aromatic heterocycles. The van der Waals surface area contributed by atoms with Crippen LogP contribution in [0.3, 0.4) is 0 Å². The van der Waals surface area contributed by atoms with Crippen LogP contribution in [-0.4, -0.2) is 23.2 Å². The van der Waals surface area contributed by atoms with Crippen LogP contribution in [0.2, 0.25) is 0 Å². The van der Waals surface area contributed by atoms with Crippen molar-refractivity contribution in [3.8, 4) is 11.4 Å². The molecule has 2 heterocycles. The number of alkyl halides is 3. The predicted molar refractivity (Wildman–Crippen MR) is 74.3 cm³/mol. The van der Waals surface area contributed by atoms with Crippen LogP contribution in [0.1, 0.15) is 35.8 Å². The highest BCUT2D eigenvalue weighted by atomic mass is 19.4. The summed E-state index contributed by atoms with van der Waals surface area (Å²) in [6.45, 7) is 3.15. The largest absolute Gasteiger partial charge is 0.416 e. The second-order valence-electron chi connectivity index (χ2n) is 5.53. The molecule has 1 aliphatic rings. The Kier molecular flexibility index (Phi) is 3.90. The molecule has 1 aliphatic heterocycles. The van der Waals surface area contributed by atoms with Crippen LogP contribution in [0.5, 0.6) is 0 Å². The molecule has 1 saturated heterocycles. The lowest BCUT2D eigenvalue weighted by Crippen LogP contribution is -2.28. The van der Waals surface area contributed by atoms with Crippen molar-refractivity contribution in [2.24, 2.45) is 0 Å². The zero-order valence-corrected chi connectivity index (χ0v) is 12.1. The van der Waals surface area contributed by atoms with Crippen LogP contribution in [0, 0.1) is 6.92 Å². The summed E-state index contributed by atoms with van der Waals surface area (Å²) < 4.78 is 44.1. The first kappa shape index (κ1) is 15.0. The molecule has 0 bridgehead atoms. The van der Waals surface area contributed by atoms with Gasteiger partial charge in [-0.1, -0.05) is 17.3 Å². The van der Waals surface area contributed by atoms with Gasteiger partial charge in [0.25, 0.3) is 0 Å². The number of nitrogens with one attached hydrogen (secondary N) is 1. The van der Waals surface area contributed by atoms with Crippen molar-refractivity contribution in [1.82, 2.24) is 15.5 Å². The second-order valence-corrected chi connectivity index (χ2v) is 5.53. The quantitative estimate of drug-likeness (QED) is 0.922. The van der Waals surface area contributed by atoms with Crippen molar-refractivity contribution in [2.75, 3.05) is 13.1 Å². The number of nitrogens with zero attached hydrogens (tertiary/aromatic N) is 2. The van der Waals surface area contributed by atoms with Gasteiger partial charge in [0.05, 0.1) is 11.5 Å². The van der Waals surface area contributed by atoms with Crippen LogP contribution in [0.4, 0.5) is 13.2 Å². The third-order valence-corrected chi connectivity index (χ3v) is 3.89. The molecule has 1 atom stereocenters. The van der Waals surface area contributed by atoms with E-state index in [-0.39, 0.29) is 17.3 Å². The third-order valence-electron chi connectivity index (χ3n) is 3.89. The van der Waals surface area contributed by atoms with Gasteiger partial charge >= 0.3 is 6.18 Å². The Hall–Kier alpha value is -1.89. The van der Waals surface area contributed by atoms with E-state index in [4.69, 9.17) is 4.52 Å². The van der Waals surface area contributed by atoms with E-state index in [1.165, 1.54) is 13.0 Å². The number of piperidine rings is 1. The van der Waals surface area contributed by atoms with E-state index in [0.29, 0.717) is 11.5 Å². The van der Waals surface area contributed by atoms with Gasteiger partial charge in [0.1, 0.15) is 0 Å². The maximum Gasteiger partial charge on any atom is 0.416 e. The van der Waals surface area contributed by atoms with Gasteiger partial charge < -0.3 is 9.84 Å². The summed E-state index contributed by atoms with van der Waals surface area (Å²) in [5, 5.41) is 7.08. The SMILES string of the molecule is Cc1ccc(-c2noc([C@@H]3CCCNC3)n2)cc1C(F)(F)F. The van der Waals surface area contributed by atoms with E-state index < -0.39 is 11.7 Å². The lowest BCUT2D eigenvalue weighted by atomic mass is 10.00. The van der Waals surface area contributed by atoms with Crippen LogP contribution in [0.15, 0.2) is 22.7 Å². The highest BCUT2D eigenvalue weighted by Crippen LogP contribution is 2.34. The number of hydrogen-bond acceptors (Lipinski definition) is 4. The molecular formula is C15H16F3N3O. The number of aryl methyl sites for hydroxylation is 1. The molecule has 0 radical (unpaired) electrons. The standard InChI is InChI=1S/C15H16F3N3O/c1-9-4-5-10(7-12(9)15(16,17)18)13-20-14(22-21-13)11-3-2-6-19-8-11/h4-5,7,11,19H,2-3,6,8H2,1H3/t11-/m1/s1. The van der Waals surface area contributed by atoms with E-state index in [9.17, 15) is 13.2 Å². The summed E-state index contributed by atoms with van der Waals surface area (Å²) >= 11 is 0. The predicted octanol–water partition coefficient (Wildman–Crippen LogP) is 3.53. The van der Waals surface area contributed by atoms with Crippen molar-refractivity contribution in [2.45, 2.75) is 31.9 Å². The lowest BCUT2D eigenvalue weighted by Gasteiger charge is -2.18. The van der Waals surface area contributed by atoms with Crippen molar-refractivity contribution in [3.63, 3.8) is 0 Å². The lowest BCUT2D eigenvalue weighted by molar-refractivity contribution is -0.138. The van der Waals surface area contributed by atoms with Crippen LogP contribution >= 0.6 is 0 Å². The monoisotopic (exact) mass is 311 g/mol. The molecule has 3 rings (SSSR count). The molecule has 7 heteroatoms. The minimum atomic E-state index is -4.39. The zero-order valence-electron chi connectivity index (χ0n) is 12.1. The van der Waals surface area contributed by atoms with E-state index in [1.54, 1.807) is 6.07 Å². The Bertz CT molecular complexity index is 660. The number of benzene rings is 1. The van der Waals surface area contributed by atoms with Crippen molar-refractivity contribution in [1.29, 1.82) is 0 Å². The highest BCUT2D eigenvalue weighted by Gasteiger charge is 2.33. The maximum absolute atomic E-state index is 13.0. The van der Waals surface area contributed by atoms with Crippen LogP contribution in [0.25, 0.3) is 11.4 Å². The second kappa shape index (κ2) is 5.72. The molecule has 0 saturated carbocycles. The van der Waals surface area contributed by atoms with E-state index in [0.717, 1.165) is 32.0 Å². The van der Waals surface area contributed by atoms with Crippen molar-refractivity contribution >= 4 is 0 Å². The minimum absolute atomic E-state index is 0.127. The normalized spacial score (nSPS) is 19.4. The molecule has 1 aromatic carbocycles. The molecule has 0 spiro atoms. The average molecular weight is 311 g/mol. The molecule has 118 valence electrons. The summed E-state index contributed by atoms with van der Waals surface area (Å²) in [5.41, 5.74) is -0.177.